The highest BCUT2D eigenvalue weighted by atomic mass is 19.3. The molecule has 29 heavy (non-hydrogen) atoms. The van der Waals surface area contributed by atoms with Gasteiger partial charge in [0.2, 0.25) is 11.8 Å². The molecule has 1 aromatic heterocycles. The molecule has 0 saturated heterocycles. The molecule has 0 aliphatic heterocycles. The van der Waals surface area contributed by atoms with E-state index in [1.54, 1.807) is 24.3 Å². The Labute approximate surface area is 163 Å². The van der Waals surface area contributed by atoms with Gasteiger partial charge in [-0.25, -0.2) is 18.6 Å². The van der Waals surface area contributed by atoms with Crippen LogP contribution in [0.5, 0.6) is 5.88 Å². The van der Waals surface area contributed by atoms with E-state index in [4.69, 9.17) is 0 Å². The number of benzene rings is 1. The lowest BCUT2D eigenvalue weighted by molar-refractivity contribution is -0.148. The Morgan fingerprint density at radius 3 is 2.41 bits per heavy atom. The molecule has 0 bridgehead atoms. The highest BCUT2D eigenvalue weighted by molar-refractivity contribution is 6.01. The zero-order valence-corrected chi connectivity index (χ0v) is 15.1. The molecular weight excluding hydrogens is 396 g/mol. The van der Waals surface area contributed by atoms with E-state index in [0.29, 0.717) is 11.1 Å². The number of anilines is 1. The maximum absolute atomic E-state index is 12.8. The number of hydrogen-bond donors (Lipinski definition) is 1. The normalized spacial score (nSPS) is 11.5. The van der Waals surface area contributed by atoms with E-state index in [-0.39, 0.29) is 11.6 Å². The lowest BCUT2D eigenvalue weighted by Gasteiger charge is -2.15. The summed E-state index contributed by atoms with van der Waals surface area (Å²) in [7, 11) is 1.27. The average molecular weight is 412 g/mol. The first kappa shape index (κ1) is 21.9. The van der Waals surface area contributed by atoms with Crippen LogP contribution in [-0.2, 0) is 9.53 Å². The van der Waals surface area contributed by atoms with Crippen LogP contribution in [0.15, 0.2) is 48.7 Å². The van der Waals surface area contributed by atoms with E-state index in [9.17, 15) is 27.2 Å². The minimum atomic E-state index is -4.28. The number of methoxy groups -OCH3 is 1. The Morgan fingerprint density at radius 2 is 1.86 bits per heavy atom. The fourth-order valence-electron chi connectivity index (χ4n) is 1.98. The van der Waals surface area contributed by atoms with Gasteiger partial charge in [-0.15, -0.1) is 0 Å². The van der Waals surface area contributed by atoms with Gasteiger partial charge in [0.1, 0.15) is 0 Å². The number of pyridine rings is 1. The van der Waals surface area contributed by atoms with Gasteiger partial charge >= 0.3 is 18.3 Å². The van der Waals surface area contributed by atoms with E-state index < -0.39 is 30.8 Å². The van der Waals surface area contributed by atoms with Gasteiger partial charge in [-0.2, -0.15) is 8.78 Å². The molecule has 1 heterocycles. The van der Waals surface area contributed by atoms with Crippen LogP contribution in [0.3, 0.4) is 0 Å². The Kier molecular flexibility index (Phi) is 7.29. The molecule has 0 fully saturated rings. The van der Waals surface area contributed by atoms with E-state index in [2.05, 4.69) is 19.8 Å². The number of rotatable bonds is 8. The molecule has 1 aromatic carbocycles. The lowest BCUT2D eigenvalue weighted by Crippen LogP contribution is -2.33. The summed E-state index contributed by atoms with van der Waals surface area (Å²) in [6.45, 7) is -1.51. The smallest absolute Gasteiger partial charge is 0.340 e. The minimum Gasteiger partial charge on any atom is -0.471 e. The molecule has 2 rings (SSSR count). The summed E-state index contributed by atoms with van der Waals surface area (Å²) in [5.74, 6) is -5.54. The molecule has 0 saturated carbocycles. The second-order valence-corrected chi connectivity index (χ2v) is 5.67. The summed E-state index contributed by atoms with van der Waals surface area (Å²) in [5.41, 5.74) is 1.28. The number of nitrogens with zero attached hydrogens (tertiary/aromatic N) is 1. The number of hydrogen-bond acceptors (Lipinski definition) is 5. The maximum atomic E-state index is 12.8. The highest BCUT2D eigenvalue weighted by Gasteiger charge is 2.41. The van der Waals surface area contributed by atoms with E-state index in [1.807, 2.05) is 0 Å². The van der Waals surface area contributed by atoms with Gasteiger partial charge in [0, 0.05) is 12.1 Å². The van der Waals surface area contributed by atoms with Gasteiger partial charge in [0.05, 0.1) is 24.6 Å². The molecule has 6 nitrogen and oxygen atoms in total. The van der Waals surface area contributed by atoms with Crippen LogP contribution in [0.1, 0.15) is 15.9 Å². The van der Waals surface area contributed by atoms with Crippen molar-refractivity contribution in [2.75, 3.05) is 19.0 Å². The van der Waals surface area contributed by atoms with Crippen LogP contribution in [0.2, 0.25) is 0 Å². The summed E-state index contributed by atoms with van der Waals surface area (Å²) in [6, 6.07) is 8.82. The zero-order valence-electron chi connectivity index (χ0n) is 15.1. The number of nitrogens with one attached hydrogen (secondary N) is 1. The molecule has 0 unspecified atom stereocenters. The van der Waals surface area contributed by atoms with Crippen molar-refractivity contribution in [2.45, 2.75) is 12.3 Å². The summed E-state index contributed by atoms with van der Waals surface area (Å²) in [6.07, 6.45) is 0.0332. The van der Waals surface area contributed by atoms with Crippen LogP contribution < -0.4 is 10.1 Å². The number of carbonyl (C=O) groups excluding carboxylic acids is 2. The molecule has 1 amide bonds. The number of ether oxygens (including phenoxy) is 2. The third kappa shape index (κ3) is 6.59. The van der Waals surface area contributed by atoms with Gasteiger partial charge < -0.3 is 14.8 Å². The number of carbonyl (C=O) groups is 2. The monoisotopic (exact) mass is 412 g/mol. The molecule has 0 aliphatic carbocycles. The first-order chi connectivity index (χ1) is 13.7. The van der Waals surface area contributed by atoms with Crippen LogP contribution >= 0.6 is 0 Å². The van der Waals surface area contributed by atoms with E-state index >= 15 is 0 Å². The number of esters is 1. The topological polar surface area (TPSA) is 77.5 Å². The first-order valence-electron chi connectivity index (χ1n) is 8.13. The zero-order chi connectivity index (χ0) is 21.4. The molecule has 0 aliphatic rings. The van der Waals surface area contributed by atoms with Gasteiger partial charge in [-0.05, 0) is 29.8 Å². The summed E-state index contributed by atoms with van der Waals surface area (Å²) in [5, 5.41) is 2.48. The van der Waals surface area contributed by atoms with Crippen LogP contribution in [0, 0.1) is 0 Å². The van der Waals surface area contributed by atoms with Crippen molar-refractivity contribution in [3.63, 3.8) is 0 Å². The van der Waals surface area contributed by atoms with Crippen molar-refractivity contribution < 1.29 is 36.6 Å². The summed E-state index contributed by atoms with van der Waals surface area (Å²) < 4.78 is 58.8. The van der Waals surface area contributed by atoms with Crippen molar-refractivity contribution in [3.8, 4) is 5.88 Å². The molecule has 1 N–H and O–H groups in total. The van der Waals surface area contributed by atoms with Crippen molar-refractivity contribution in [1.29, 1.82) is 0 Å². The quantitative estimate of drug-likeness (QED) is 0.406. The first-order valence-corrected chi connectivity index (χ1v) is 8.13. The summed E-state index contributed by atoms with van der Waals surface area (Å²) >= 11 is 0. The van der Waals surface area contributed by atoms with Crippen molar-refractivity contribution in [2.24, 2.45) is 0 Å². The molecule has 0 radical (unpaired) electrons. The number of halogens is 4. The molecule has 0 atom stereocenters. The van der Waals surface area contributed by atoms with Crippen molar-refractivity contribution >= 4 is 23.6 Å². The fourth-order valence-corrected chi connectivity index (χ4v) is 1.98. The Bertz CT molecular complexity index is 869. The lowest BCUT2D eigenvalue weighted by atomic mass is 10.1. The standard InChI is InChI=1S/C19H16F4N2O4/c1-28-17(27)13-5-2-12(3-6-13)4-8-15(26)25-14-7-9-16(24-10-14)29-11-19(22,23)18(20)21/h2-10,18H,11H2,1H3,(H,25,26). The predicted octanol–water partition coefficient (Wildman–Crippen LogP) is 3.80. The third-order valence-electron chi connectivity index (χ3n) is 3.49. The van der Waals surface area contributed by atoms with Crippen molar-refractivity contribution in [1.82, 2.24) is 4.98 Å². The van der Waals surface area contributed by atoms with Gasteiger partial charge in [0.25, 0.3) is 0 Å². The largest absolute Gasteiger partial charge is 0.471 e. The van der Waals surface area contributed by atoms with E-state index in [0.717, 1.165) is 12.3 Å². The second kappa shape index (κ2) is 9.67. The SMILES string of the molecule is COC(=O)c1ccc(C=CC(=O)Nc2ccc(OCC(F)(F)C(F)F)nc2)cc1. The van der Waals surface area contributed by atoms with Gasteiger partial charge in [0.15, 0.2) is 6.61 Å². The van der Waals surface area contributed by atoms with E-state index in [1.165, 1.54) is 25.3 Å². The van der Waals surface area contributed by atoms with Crippen molar-refractivity contribution in [3.05, 3.63) is 59.8 Å². The molecule has 154 valence electrons. The Hall–Kier alpha value is -3.43. The number of alkyl halides is 4. The highest BCUT2D eigenvalue weighted by Crippen LogP contribution is 2.24. The molecule has 2 aromatic rings. The molecular formula is C19H16F4N2O4. The average Bonchev–Trinajstić information content (AvgIpc) is 2.71. The Balaban J connectivity index is 1.89. The molecule has 10 heteroatoms. The van der Waals surface area contributed by atoms with Crippen LogP contribution in [0.4, 0.5) is 23.2 Å². The Morgan fingerprint density at radius 1 is 1.17 bits per heavy atom. The predicted molar refractivity (Wildman–Crippen MR) is 96.1 cm³/mol. The van der Waals surface area contributed by atoms with Gasteiger partial charge in [-0.1, -0.05) is 12.1 Å². The second-order valence-electron chi connectivity index (χ2n) is 5.67. The van der Waals surface area contributed by atoms with Crippen LogP contribution in [0.25, 0.3) is 6.08 Å². The third-order valence-corrected chi connectivity index (χ3v) is 3.49. The number of amides is 1. The van der Waals surface area contributed by atoms with Gasteiger partial charge in [-0.3, -0.25) is 4.79 Å². The number of aromatic nitrogens is 1. The fraction of sp³-hybridized carbons (Fsp3) is 0.211. The minimum absolute atomic E-state index is 0.244. The molecule has 0 spiro atoms. The maximum Gasteiger partial charge on any atom is 0.340 e. The summed E-state index contributed by atoms with van der Waals surface area (Å²) in [4.78, 5) is 26.9. The van der Waals surface area contributed by atoms with Crippen LogP contribution in [-0.4, -0.2) is 42.9 Å².